The van der Waals surface area contributed by atoms with E-state index in [1.54, 1.807) is 0 Å². The van der Waals surface area contributed by atoms with Crippen molar-refractivity contribution in [3.05, 3.63) is 0 Å². The summed E-state index contributed by atoms with van der Waals surface area (Å²) in [5.74, 6) is 0. The van der Waals surface area contributed by atoms with E-state index in [1.807, 2.05) is 0 Å². The predicted molar refractivity (Wildman–Crippen MR) is 66.7 cm³/mol. The maximum Gasteiger partial charge on any atom is 0.0576 e. The summed E-state index contributed by atoms with van der Waals surface area (Å²) in [4.78, 5) is 2.42. The van der Waals surface area contributed by atoms with Crippen LogP contribution in [0.5, 0.6) is 0 Å². The van der Waals surface area contributed by atoms with E-state index in [1.165, 1.54) is 58.2 Å². The van der Waals surface area contributed by atoms with Crippen LogP contribution in [-0.4, -0.2) is 50.3 Å². The zero-order valence-corrected chi connectivity index (χ0v) is 10.6. The quantitative estimate of drug-likeness (QED) is 0.721. The third kappa shape index (κ3) is 4.04. The first-order valence-corrected chi connectivity index (χ1v) is 6.88. The molecule has 0 aromatic carbocycles. The van der Waals surface area contributed by atoms with Crippen LogP contribution in [0.25, 0.3) is 0 Å². The summed E-state index contributed by atoms with van der Waals surface area (Å²) in [6, 6.07) is 0.765. The first-order chi connectivity index (χ1) is 7.84. The molecule has 1 atom stereocenters. The van der Waals surface area contributed by atoms with Gasteiger partial charge in [0.15, 0.2) is 0 Å². The number of hydrogen-bond donors (Lipinski definition) is 1. The summed E-state index contributed by atoms with van der Waals surface area (Å²) in [6.07, 6.45) is 8.28. The normalized spacial score (nSPS) is 28.7. The molecule has 0 aliphatic carbocycles. The molecule has 0 spiro atoms. The summed E-state index contributed by atoms with van der Waals surface area (Å²) in [5, 5.41) is 3.68. The molecule has 2 rings (SSSR count). The van der Waals surface area contributed by atoms with E-state index in [4.69, 9.17) is 4.74 Å². The Bertz CT molecular complexity index is 184. The second-order valence-corrected chi connectivity index (χ2v) is 5.31. The lowest BCUT2D eigenvalue weighted by Gasteiger charge is -2.29. The van der Waals surface area contributed by atoms with E-state index >= 15 is 0 Å². The fourth-order valence-corrected chi connectivity index (χ4v) is 2.72. The molecule has 2 aliphatic rings. The lowest BCUT2D eigenvalue weighted by molar-refractivity contribution is 0.102. The van der Waals surface area contributed by atoms with Gasteiger partial charge in [0.25, 0.3) is 0 Å². The van der Waals surface area contributed by atoms with Gasteiger partial charge in [0.05, 0.1) is 6.10 Å². The Kier molecular flexibility index (Phi) is 5.07. The van der Waals surface area contributed by atoms with Crippen molar-refractivity contribution in [3.63, 3.8) is 0 Å². The highest BCUT2D eigenvalue weighted by Crippen LogP contribution is 2.16. The summed E-state index contributed by atoms with van der Waals surface area (Å²) in [5.41, 5.74) is 0. The minimum atomic E-state index is 0.569. The summed E-state index contributed by atoms with van der Waals surface area (Å²) in [7, 11) is 2.22. The van der Waals surface area contributed by atoms with Crippen molar-refractivity contribution in [2.24, 2.45) is 0 Å². The topological polar surface area (TPSA) is 24.5 Å². The molecular formula is C13H26N2O. The molecule has 0 amide bonds. The number of piperidine rings is 1. The van der Waals surface area contributed by atoms with Crippen LogP contribution in [0.15, 0.2) is 0 Å². The maximum absolute atomic E-state index is 5.62. The molecule has 2 fully saturated rings. The number of ether oxygens (including phenoxy) is 1. The van der Waals surface area contributed by atoms with Crippen molar-refractivity contribution in [3.8, 4) is 0 Å². The number of hydrogen-bond acceptors (Lipinski definition) is 3. The molecule has 16 heavy (non-hydrogen) atoms. The van der Waals surface area contributed by atoms with Gasteiger partial charge in [-0.05, 0) is 65.2 Å². The smallest absolute Gasteiger partial charge is 0.0576 e. The van der Waals surface area contributed by atoms with Gasteiger partial charge in [0.1, 0.15) is 0 Å². The van der Waals surface area contributed by atoms with E-state index in [0.717, 1.165) is 12.6 Å². The first-order valence-electron chi connectivity index (χ1n) is 6.88. The zero-order chi connectivity index (χ0) is 11.2. The lowest BCUT2D eigenvalue weighted by Crippen LogP contribution is -2.41. The van der Waals surface area contributed by atoms with Gasteiger partial charge in [-0.3, -0.25) is 0 Å². The highest BCUT2D eigenvalue weighted by molar-refractivity contribution is 4.75. The predicted octanol–water partition coefficient (Wildman–Crippen LogP) is 1.63. The van der Waals surface area contributed by atoms with Crippen LogP contribution in [0, 0.1) is 0 Å². The molecule has 2 saturated heterocycles. The van der Waals surface area contributed by atoms with Crippen LogP contribution in [0.4, 0.5) is 0 Å². The second kappa shape index (κ2) is 6.58. The van der Waals surface area contributed by atoms with Crippen molar-refractivity contribution in [2.75, 3.05) is 33.3 Å². The van der Waals surface area contributed by atoms with Crippen molar-refractivity contribution in [1.29, 1.82) is 0 Å². The van der Waals surface area contributed by atoms with Crippen LogP contribution in [-0.2, 0) is 4.74 Å². The average molecular weight is 226 g/mol. The second-order valence-electron chi connectivity index (χ2n) is 5.31. The third-order valence-electron chi connectivity index (χ3n) is 3.88. The van der Waals surface area contributed by atoms with Crippen LogP contribution in [0.3, 0.4) is 0 Å². The minimum absolute atomic E-state index is 0.569. The highest BCUT2D eigenvalue weighted by atomic mass is 16.5. The van der Waals surface area contributed by atoms with E-state index in [-0.39, 0.29) is 0 Å². The largest absolute Gasteiger partial charge is 0.378 e. The minimum Gasteiger partial charge on any atom is -0.378 e. The third-order valence-corrected chi connectivity index (χ3v) is 3.88. The molecule has 3 nitrogen and oxygen atoms in total. The molecule has 0 aromatic heterocycles. The Balaban J connectivity index is 1.48. The van der Waals surface area contributed by atoms with E-state index in [0.29, 0.717) is 6.10 Å². The van der Waals surface area contributed by atoms with Gasteiger partial charge < -0.3 is 15.0 Å². The summed E-state index contributed by atoms with van der Waals surface area (Å²) < 4.78 is 5.62. The Morgan fingerprint density at radius 2 is 2.06 bits per heavy atom. The number of likely N-dealkylation sites (tertiary alicyclic amines) is 1. The van der Waals surface area contributed by atoms with Crippen LogP contribution < -0.4 is 5.32 Å². The molecule has 0 aromatic rings. The van der Waals surface area contributed by atoms with Crippen LogP contribution in [0.2, 0.25) is 0 Å². The maximum atomic E-state index is 5.62. The molecule has 0 radical (unpaired) electrons. The summed E-state index contributed by atoms with van der Waals surface area (Å²) >= 11 is 0. The molecule has 1 unspecified atom stereocenters. The van der Waals surface area contributed by atoms with Gasteiger partial charge in [-0.25, -0.2) is 0 Å². The lowest BCUT2D eigenvalue weighted by atomic mass is 10.1. The SMILES string of the molecule is CN1CCC(NCCCC2CCCO2)CC1. The van der Waals surface area contributed by atoms with Crippen molar-refractivity contribution in [2.45, 2.75) is 50.7 Å². The average Bonchev–Trinajstić information content (AvgIpc) is 2.80. The van der Waals surface area contributed by atoms with Gasteiger partial charge in [-0.2, -0.15) is 0 Å². The fraction of sp³-hybridized carbons (Fsp3) is 1.00. The molecule has 0 bridgehead atoms. The zero-order valence-electron chi connectivity index (χ0n) is 10.6. The van der Waals surface area contributed by atoms with Gasteiger partial charge in [0, 0.05) is 12.6 Å². The molecule has 2 heterocycles. The van der Waals surface area contributed by atoms with Crippen molar-refractivity contribution in [1.82, 2.24) is 10.2 Å². The number of rotatable bonds is 5. The number of nitrogens with one attached hydrogen (secondary N) is 1. The molecule has 94 valence electrons. The Morgan fingerprint density at radius 1 is 1.25 bits per heavy atom. The van der Waals surface area contributed by atoms with Gasteiger partial charge in [0.2, 0.25) is 0 Å². The van der Waals surface area contributed by atoms with Crippen molar-refractivity contribution < 1.29 is 4.74 Å². The van der Waals surface area contributed by atoms with E-state index in [9.17, 15) is 0 Å². The standard InChI is InChI=1S/C13H26N2O/c1-15-9-6-12(7-10-15)14-8-2-4-13-5-3-11-16-13/h12-14H,2-11H2,1H3. The molecule has 0 saturated carbocycles. The Labute approximate surface area is 99.5 Å². The van der Waals surface area contributed by atoms with Crippen LogP contribution in [0.1, 0.15) is 38.5 Å². The Hall–Kier alpha value is -0.120. The fourth-order valence-electron chi connectivity index (χ4n) is 2.72. The highest BCUT2D eigenvalue weighted by Gasteiger charge is 2.17. The number of nitrogens with zero attached hydrogens (tertiary/aromatic N) is 1. The molecule has 1 N–H and O–H groups in total. The van der Waals surface area contributed by atoms with Gasteiger partial charge in [-0.15, -0.1) is 0 Å². The molecular weight excluding hydrogens is 200 g/mol. The summed E-state index contributed by atoms with van der Waals surface area (Å²) in [6.45, 7) is 4.67. The Morgan fingerprint density at radius 3 is 2.75 bits per heavy atom. The van der Waals surface area contributed by atoms with E-state index < -0.39 is 0 Å². The monoisotopic (exact) mass is 226 g/mol. The molecule has 2 aliphatic heterocycles. The van der Waals surface area contributed by atoms with E-state index in [2.05, 4.69) is 17.3 Å². The molecule has 3 heteroatoms. The first kappa shape index (κ1) is 12.3. The van der Waals surface area contributed by atoms with Crippen LogP contribution >= 0.6 is 0 Å². The van der Waals surface area contributed by atoms with Gasteiger partial charge in [-0.1, -0.05) is 0 Å². The van der Waals surface area contributed by atoms with Crippen molar-refractivity contribution >= 4 is 0 Å². The van der Waals surface area contributed by atoms with Gasteiger partial charge >= 0.3 is 0 Å².